The summed E-state index contributed by atoms with van der Waals surface area (Å²) in [5.41, 5.74) is 13.4. The summed E-state index contributed by atoms with van der Waals surface area (Å²) in [4.78, 5) is 10.4. The number of hydrogen-bond acceptors (Lipinski definition) is 2. The van der Waals surface area contributed by atoms with Crippen LogP contribution in [0.4, 0.5) is 11.4 Å². The summed E-state index contributed by atoms with van der Waals surface area (Å²) in [5.74, 6) is 0. The fourth-order valence-electron chi connectivity index (χ4n) is 5.12. The molecule has 0 heterocycles. The molecule has 7 rings (SSSR count). The second kappa shape index (κ2) is 7.50. The summed E-state index contributed by atoms with van der Waals surface area (Å²) in [6, 6.07) is 42.2. The van der Waals surface area contributed by atoms with E-state index in [2.05, 4.69) is 109 Å². The first-order valence-corrected chi connectivity index (χ1v) is 11.5. The Bertz CT molecular complexity index is 1440. The van der Waals surface area contributed by atoms with Gasteiger partial charge in [0.25, 0.3) is 0 Å². The molecule has 0 N–H and O–H groups in total. The van der Waals surface area contributed by atoms with E-state index in [0.717, 1.165) is 22.8 Å². The Balaban J connectivity index is 1.43. The van der Waals surface area contributed by atoms with Crippen LogP contribution < -0.4 is 0 Å². The standard InChI is InChI=1S/C32H20N2/c1-5-15-25-21(11-1)22-12-2-6-16-26(22)31(25)33-29-19-9-10-20-30(29)34-32-27-17-7-3-13-23(27)24-14-4-8-18-28(24)32/h1-20H. The summed E-state index contributed by atoms with van der Waals surface area (Å²) in [6.45, 7) is 0. The van der Waals surface area contributed by atoms with Crippen LogP contribution in [0.3, 0.4) is 0 Å². The van der Waals surface area contributed by atoms with Gasteiger partial charge in [-0.25, -0.2) is 9.98 Å². The maximum atomic E-state index is 5.20. The maximum Gasteiger partial charge on any atom is 0.0894 e. The highest BCUT2D eigenvalue weighted by molar-refractivity contribution is 6.26. The first-order valence-electron chi connectivity index (χ1n) is 11.5. The number of benzene rings is 5. The molecule has 2 heteroatoms. The Morgan fingerprint density at radius 1 is 0.265 bits per heavy atom. The van der Waals surface area contributed by atoms with Crippen molar-refractivity contribution in [2.45, 2.75) is 0 Å². The third-order valence-electron chi connectivity index (χ3n) is 6.66. The van der Waals surface area contributed by atoms with Crippen LogP contribution in [0.5, 0.6) is 0 Å². The minimum absolute atomic E-state index is 0.873. The Hall–Kier alpha value is -4.56. The van der Waals surface area contributed by atoms with Crippen LogP contribution in [0.15, 0.2) is 131 Å². The largest absolute Gasteiger partial charge is 0.245 e. The molecule has 0 radical (unpaired) electrons. The number of nitrogens with zero attached hydrogens (tertiary/aromatic N) is 2. The van der Waals surface area contributed by atoms with Crippen molar-refractivity contribution in [1.29, 1.82) is 0 Å². The SMILES string of the molecule is c1ccc(N=C2c3ccccc3-c3ccccc32)c(N=C2c3ccccc3-c3ccccc32)c1. The lowest BCUT2D eigenvalue weighted by atomic mass is 10.1. The summed E-state index contributed by atoms with van der Waals surface area (Å²) in [6.07, 6.45) is 0. The fourth-order valence-corrected chi connectivity index (χ4v) is 5.12. The molecule has 5 aromatic rings. The van der Waals surface area contributed by atoms with Gasteiger partial charge in [0.15, 0.2) is 0 Å². The highest BCUT2D eigenvalue weighted by Crippen LogP contribution is 2.41. The van der Waals surface area contributed by atoms with E-state index in [0.29, 0.717) is 0 Å². The monoisotopic (exact) mass is 432 g/mol. The van der Waals surface area contributed by atoms with E-state index in [1.807, 2.05) is 12.1 Å². The Morgan fingerprint density at radius 3 is 0.794 bits per heavy atom. The van der Waals surface area contributed by atoms with Gasteiger partial charge < -0.3 is 0 Å². The van der Waals surface area contributed by atoms with E-state index >= 15 is 0 Å². The molecular weight excluding hydrogens is 412 g/mol. The Kier molecular flexibility index (Phi) is 4.18. The molecule has 158 valence electrons. The van der Waals surface area contributed by atoms with Crippen molar-refractivity contribution in [2.75, 3.05) is 0 Å². The first kappa shape index (κ1) is 19.0. The minimum Gasteiger partial charge on any atom is -0.245 e. The van der Waals surface area contributed by atoms with Crippen molar-refractivity contribution in [2.24, 2.45) is 9.98 Å². The number of para-hydroxylation sites is 2. The smallest absolute Gasteiger partial charge is 0.0894 e. The van der Waals surface area contributed by atoms with E-state index < -0.39 is 0 Å². The number of rotatable bonds is 2. The van der Waals surface area contributed by atoms with Crippen LogP contribution in [0.2, 0.25) is 0 Å². The van der Waals surface area contributed by atoms with Gasteiger partial charge in [-0.15, -0.1) is 0 Å². The summed E-state index contributed by atoms with van der Waals surface area (Å²) in [5, 5.41) is 0. The van der Waals surface area contributed by atoms with Gasteiger partial charge in [0, 0.05) is 22.3 Å². The third-order valence-corrected chi connectivity index (χ3v) is 6.66. The van der Waals surface area contributed by atoms with Crippen LogP contribution in [0.1, 0.15) is 22.3 Å². The van der Waals surface area contributed by atoms with Crippen LogP contribution in [-0.2, 0) is 0 Å². The van der Waals surface area contributed by atoms with Crippen LogP contribution >= 0.6 is 0 Å². The third kappa shape index (κ3) is 2.82. The molecule has 2 nitrogen and oxygen atoms in total. The molecule has 5 aromatic carbocycles. The lowest BCUT2D eigenvalue weighted by molar-refractivity contribution is 1.43. The molecule has 0 fully saturated rings. The molecule has 2 aliphatic carbocycles. The molecule has 0 aliphatic heterocycles. The van der Waals surface area contributed by atoms with Gasteiger partial charge >= 0.3 is 0 Å². The van der Waals surface area contributed by atoms with Crippen LogP contribution in [-0.4, -0.2) is 11.4 Å². The zero-order chi connectivity index (χ0) is 22.5. The average Bonchev–Trinajstić information content (AvgIpc) is 3.39. The highest BCUT2D eigenvalue weighted by atomic mass is 14.9. The second-order valence-electron chi connectivity index (χ2n) is 8.59. The molecule has 0 bridgehead atoms. The summed E-state index contributed by atoms with van der Waals surface area (Å²) < 4.78 is 0. The van der Waals surface area contributed by atoms with Crippen molar-refractivity contribution in [3.63, 3.8) is 0 Å². The van der Waals surface area contributed by atoms with Crippen LogP contribution in [0.25, 0.3) is 22.3 Å². The van der Waals surface area contributed by atoms with E-state index in [1.54, 1.807) is 0 Å². The predicted octanol–water partition coefficient (Wildman–Crippen LogP) is 7.99. The quantitative estimate of drug-likeness (QED) is 0.264. The normalized spacial score (nSPS) is 12.6. The molecule has 0 saturated heterocycles. The van der Waals surface area contributed by atoms with Gasteiger partial charge in [-0.3, -0.25) is 0 Å². The first-order chi connectivity index (χ1) is 16.9. The molecule has 0 aromatic heterocycles. The van der Waals surface area contributed by atoms with Crippen molar-refractivity contribution in [3.8, 4) is 22.3 Å². The molecule has 2 aliphatic rings. The molecule has 0 unspecified atom stereocenters. The molecule has 0 amide bonds. The lowest BCUT2D eigenvalue weighted by Crippen LogP contribution is -1.98. The van der Waals surface area contributed by atoms with Gasteiger partial charge in [0.1, 0.15) is 0 Å². The predicted molar refractivity (Wildman–Crippen MR) is 141 cm³/mol. The van der Waals surface area contributed by atoms with Crippen molar-refractivity contribution in [1.82, 2.24) is 0 Å². The van der Waals surface area contributed by atoms with Crippen molar-refractivity contribution in [3.05, 3.63) is 144 Å². The van der Waals surface area contributed by atoms with Gasteiger partial charge in [0.05, 0.1) is 22.8 Å². The molecule has 0 spiro atoms. The Labute approximate surface area is 198 Å². The van der Waals surface area contributed by atoms with Crippen molar-refractivity contribution >= 4 is 22.8 Å². The second-order valence-corrected chi connectivity index (χ2v) is 8.59. The van der Waals surface area contributed by atoms with E-state index in [4.69, 9.17) is 9.98 Å². The fraction of sp³-hybridized carbons (Fsp3) is 0. The van der Waals surface area contributed by atoms with Gasteiger partial charge in [-0.1, -0.05) is 109 Å². The van der Waals surface area contributed by atoms with Crippen molar-refractivity contribution < 1.29 is 0 Å². The Morgan fingerprint density at radius 2 is 0.500 bits per heavy atom. The average molecular weight is 433 g/mol. The van der Waals surface area contributed by atoms with E-state index in [9.17, 15) is 0 Å². The summed E-state index contributed by atoms with van der Waals surface area (Å²) in [7, 11) is 0. The minimum atomic E-state index is 0.873. The molecule has 34 heavy (non-hydrogen) atoms. The zero-order valence-corrected chi connectivity index (χ0v) is 18.4. The molecular formula is C32H20N2. The summed E-state index contributed by atoms with van der Waals surface area (Å²) >= 11 is 0. The lowest BCUT2D eigenvalue weighted by Gasteiger charge is -2.07. The van der Waals surface area contributed by atoms with Gasteiger partial charge in [-0.05, 0) is 34.4 Å². The number of aliphatic imine (C=N–C) groups is 2. The maximum absolute atomic E-state index is 5.20. The van der Waals surface area contributed by atoms with Crippen LogP contribution in [0, 0.1) is 0 Å². The molecule has 0 atom stereocenters. The topological polar surface area (TPSA) is 24.7 Å². The van der Waals surface area contributed by atoms with E-state index in [-0.39, 0.29) is 0 Å². The van der Waals surface area contributed by atoms with Gasteiger partial charge in [0.2, 0.25) is 0 Å². The number of hydrogen-bond donors (Lipinski definition) is 0. The molecule has 0 saturated carbocycles. The number of fused-ring (bicyclic) bond motifs is 6. The zero-order valence-electron chi connectivity index (χ0n) is 18.4. The van der Waals surface area contributed by atoms with E-state index in [1.165, 1.54) is 44.5 Å². The highest BCUT2D eigenvalue weighted by Gasteiger charge is 2.26. The van der Waals surface area contributed by atoms with Gasteiger partial charge in [-0.2, -0.15) is 0 Å².